The fourth-order valence-corrected chi connectivity index (χ4v) is 7.79. The Morgan fingerprint density at radius 3 is 1.57 bits per heavy atom. The summed E-state index contributed by atoms with van der Waals surface area (Å²) in [6, 6.07) is 48.4. The van der Waals surface area contributed by atoms with Crippen LogP contribution in [0.3, 0.4) is 0 Å². The van der Waals surface area contributed by atoms with Crippen LogP contribution in [0.2, 0.25) is 0 Å². The highest BCUT2D eigenvalue weighted by molar-refractivity contribution is 6.01. The predicted molar refractivity (Wildman–Crippen MR) is 174 cm³/mol. The third kappa shape index (κ3) is 2.94. The van der Waals surface area contributed by atoms with Gasteiger partial charge in [0.2, 0.25) is 0 Å². The molecule has 2 atom stereocenters. The van der Waals surface area contributed by atoms with E-state index in [4.69, 9.17) is 0 Å². The van der Waals surface area contributed by atoms with Gasteiger partial charge in [0.05, 0.1) is 5.52 Å². The molecule has 7 aromatic rings. The summed E-state index contributed by atoms with van der Waals surface area (Å²) in [4.78, 5) is 0. The van der Waals surface area contributed by atoms with E-state index in [9.17, 15) is 0 Å². The molecule has 4 heterocycles. The molecule has 0 aliphatic carbocycles. The summed E-state index contributed by atoms with van der Waals surface area (Å²) in [5.41, 5.74) is 14.0. The summed E-state index contributed by atoms with van der Waals surface area (Å²) in [5.74, 6) is 0.184. The fourth-order valence-electron chi connectivity index (χ4n) is 7.79. The van der Waals surface area contributed by atoms with Crippen molar-refractivity contribution < 1.29 is 0 Å². The van der Waals surface area contributed by atoms with Gasteiger partial charge in [-0.25, -0.2) is 0 Å². The van der Waals surface area contributed by atoms with Crippen molar-refractivity contribution in [3.8, 4) is 33.6 Å². The molecular weight excluding hydrogens is 508 g/mol. The minimum atomic E-state index is 0.0848. The maximum absolute atomic E-state index is 4.59. The average Bonchev–Trinajstić information content (AvgIpc) is 3.73. The molecule has 2 nitrogen and oxygen atoms in total. The predicted octanol–water partition coefficient (Wildman–Crippen LogP) is 8.17. The van der Waals surface area contributed by atoms with E-state index in [2.05, 4.69) is 156 Å². The minimum Gasteiger partial charge on any atom is -0.313 e. The smallest absolute Gasteiger partial charge is 0.0538 e. The Morgan fingerprint density at radius 1 is 0.452 bits per heavy atom. The van der Waals surface area contributed by atoms with Gasteiger partial charge in [0.15, 0.2) is 0 Å². The molecule has 42 heavy (non-hydrogen) atoms. The normalized spacial score (nSPS) is 16.3. The lowest BCUT2D eigenvalue weighted by molar-refractivity contribution is 0.699. The molecule has 2 unspecified atom stereocenters. The summed E-state index contributed by atoms with van der Waals surface area (Å²) >= 11 is 0. The standard InChI is InChI=1S/C40H28N2/c1-25-26(2)41-32-22-12-10-20-30(32)37(39(41)35(25)27-15-5-3-6-16-27)38-31-21-11-14-24-34(31)42-33-23-13-9-19-29(33)36(40(38)42)28-17-7-4-8-18-28/h3-24,37-38H,1-2H2. The zero-order chi connectivity index (χ0) is 27.9. The molecule has 0 spiro atoms. The minimum absolute atomic E-state index is 0.0848. The van der Waals surface area contributed by atoms with E-state index in [1.54, 1.807) is 0 Å². The van der Waals surface area contributed by atoms with E-state index < -0.39 is 0 Å². The first kappa shape index (κ1) is 23.4. The molecule has 2 aliphatic rings. The van der Waals surface area contributed by atoms with Gasteiger partial charge in [0, 0.05) is 61.7 Å². The average molecular weight is 537 g/mol. The van der Waals surface area contributed by atoms with Crippen LogP contribution in [-0.4, -0.2) is 9.13 Å². The highest BCUT2D eigenvalue weighted by atomic mass is 15.1. The molecule has 198 valence electrons. The van der Waals surface area contributed by atoms with E-state index in [-0.39, 0.29) is 11.8 Å². The van der Waals surface area contributed by atoms with Crippen LogP contribution in [0.25, 0.3) is 57.7 Å². The molecule has 0 bridgehead atoms. The summed E-state index contributed by atoms with van der Waals surface area (Å²) in [7, 11) is 0. The molecule has 0 saturated carbocycles. The molecule has 5 aromatic carbocycles. The molecule has 0 saturated heterocycles. The molecule has 2 aromatic heterocycles. The Balaban J connectivity index is 1.44. The Morgan fingerprint density at radius 2 is 0.929 bits per heavy atom. The van der Waals surface area contributed by atoms with Crippen molar-refractivity contribution in [2.75, 3.05) is 0 Å². The Labute approximate surface area is 244 Å². The lowest BCUT2D eigenvalue weighted by atomic mass is 9.76. The number of benzene rings is 5. The maximum Gasteiger partial charge on any atom is 0.0538 e. The van der Waals surface area contributed by atoms with Crippen LogP contribution >= 0.6 is 0 Å². The van der Waals surface area contributed by atoms with Gasteiger partial charge in [0.1, 0.15) is 0 Å². The van der Waals surface area contributed by atoms with E-state index in [1.165, 1.54) is 67.0 Å². The van der Waals surface area contributed by atoms with Crippen molar-refractivity contribution in [1.82, 2.24) is 9.13 Å². The molecule has 9 rings (SSSR count). The quantitative estimate of drug-likeness (QED) is 0.216. The molecule has 0 fully saturated rings. The summed E-state index contributed by atoms with van der Waals surface area (Å²) in [6.45, 7) is 9.18. The van der Waals surface area contributed by atoms with Gasteiger partial charge in [-0.1, -0.05) is 128 Å². The van der Waals surface area contributed by atoms with Crippen molar-refractivity contribution in [3.05, 3.63) is 167 Å². The zero-order valence-electron chi connectivity index (χ0n) is 23.2. The van der Waals surface area contributed by atoms with Gasteiger partial charge in [-0.05, 0) is 40.5 Å². The number of fused-ring (bicyclic) bond motifs is 8. The largest absolute Gasteiger partial charge is 0.313 e. The monoisotopic (exact) mass is 536 g/mol. The molecule has 0 radical (unpaired) electrons. The fraction of sp³-hybridized carbons (Fsp3) is 0.0500. The molecule has 2 heteroatoms. The van der Waals surface area contributed by atoms with E-state index in [0.29, 0.717) is 0 Å². The second-order valence-electron chi connectivity index (χ2n) is 11.4. The van der Waals surface area contributed by atoms with E-state index in [0.717, 1.165) is 10.6 Å². The van der Waals surface area contributed by atoms with Crippen molar-refractivity contribution in [2.45, 2.75) is 11.8 Å². The summed E-state index contributed by atoms with van der Waals surface area (Å²) in [6.07, 6.45) is 0. The first-order valence-electron chi connectivity index (χ1n) is 14.6. The first-order chi connectivity index (χ1) is 20.7. The Kier molecular flexibility index (Phi) is 4.77. The number of rotatable bonds is 3. The zero-order valence-corrected chi connectivity index (χ0v) is 23.2. The van der Waals surface area contributed by atoms with Crippen LogP contribution in [0.4, 0.5) is 0 Å². The third-order valence-electron chi connectivity index (χ3n) is 9.40. The highest BCUT2D eigenvalue weighted by Gasteiger charge is 2.45. The summed E-state index contributed by atoms with van der Waals surface area (Å²) < 4.78 is 4.92. The number of aromatic nitrogens is 2. The third-order valence-corrected chi connectivity index (χ3v) is 9.40. The van der Waals surface area contributed by atoms with E-state index in [1.807, 2.05) is 0 Å². The van der Waals surface area contributed by atoms with Crippen LogP contribution in [0.1, 0.15) is 34.4 Å². The molecular formula is C40H28N2. The van der Waals surface area contributed by atoms with Gasteiger partial charge in [-0.15, -0.1) is 0 Å². The van der Waals surface area contributed by atoms with Crippen molar-refractivity contribution in [3.63, 3.8) is 0 Å². The second kappa shape index (κ2) is 8.58. The molecule has 0 N–H and O–H groups in total. The van der Waals surface area contributed by atoms with Gasteiger partial charge in [-0.3, -0.25) is 0 Å². The number of nitrogens with zero attached hydrogens (tertiary/aromatic N) is 2. The first-order valence-corrected chi connectivity index (χ1v) is 14.6. The van der Waals surface area contributed by atoms with E-state index >= 15 is 0 Å². The van der Waals surface area contributed by atoms with Crippen LogP contribution in [0.15, 0.2) is 133 Å². The summed E-state index contributed by atoms with van der Waals surface area (Å²) in [5, 5.41) is 3.26. The Hall–Kier alpha value is -5.34. The van der Waals surface area contributed by atoms with Gasteiger partial charge in [-0.2, -0.15) is 0 Å². The highest BCUT2D eigenvalue weighted by Crippen LogP contribution is 2.58. The van der Waals surface area contributed by atoms with Crippen molar-refractivity contribution in [2.24, 2.45) is 0 Å². The maximum atomic E-state index is 4.59. The topological polar surface area (TPSA) is 9.86 Å². The van der Waals surface area contributed by atoms with Gasteiger partial charge >= 0.3 is 0 Å². The van der Waals surface area contributed by atoms with Gasteiger partial charge in [0.25, 0.3) is 0 Å². The lowest BCUT2D eigenvalue weighted by Gasteiger charge is -2.24. The van der Waals surface area contributed by atoms with Gasteiger partial charge < -0.3 is 9.13 Å². The molecule has 0 amide bonds. The van der Waals surface area contributed by atoms with Crippen LogP contribution in [0, 0.1) is 0 Å². The lowest BCUT2D eigenvalue weighted by Crippen LogP contribution is -2.25. The van der Waals surface area contributed by atoms with Crippen LogP contribution in [0.5, 0.6) is 0 Å². The van der Waals surface area contributed by atoms with Crippen molar-refractivity contribution in [1.29, 1.82) is 0 Å². The molecule has 2 aliphatic heterocycles. The SMILES string of the molecule is C=c1c(-c2ccccc2)c2n(c1=C)-c1ccccc1C2C1c2ccccc2-n2c1c(-c1ccccc1)c1ccccc12. The van der Waals surface area contributed by atoms with Crippen molar-refractivity contribution >= 4 is 24.1 Å². The number of para-hydroxylation sites is 3. The second-order valence-corrected chi connectivity index (χ2v) is 11.4. The Bertz CT molecular complexity index is 2260. The van der Waals surface area contributed by atoms with Crippen LogP contribution < -0.4 is 10.6 Å². The number of hydrogen-bond donors (Lipinski definition) is 0. The van der Waals surface area contributed by atoms with Crippen LogP contribution in [-0.2, 0) is 0 Å². The number of hydrogen-bond acceptors (Lipinski definition) is 0.